The van der Waals surface area contributed by atoms with Gasteiger partial charge in [-0.25, -0.2) is 0 Å². The first kappa shape index (κ1) is 19.5. The third-order valence-corrected chi connectivity index (χ3v) is 4.96. The average Bonchev–Trinajstić information content (AvgIpc) is 2.79. The predicted molar refractivity (Wildman–Crippen MR) is 119 cm³/mol. The second kappa shape index (κ2) is 8.25. The van der Waals surface area contributed by atoms with Gasteiger partial charge >= 0.3 is 0 Å². The van der Waals surface area contributed by atoms with Gasteiger partial charge in [0.05, 0.1) is 19.9 Å². The molecule has 0 aliphatic carbocycles. The Kier molecular flexibility index (Phi) is 5.35. The maximum atomic E-state index is 13.0. The molecule has 1 aromatic heterocycles. The summed E-state index contributed by atoms with van der Waals surface area (Å²) in [5.41, 5.74) is 4.66. The Bertz CT molecular complexity index is 1230. The van der Waals surface area contributed by atoms with E-state index in [0.717, 1.165) is 22.3 Å². The standard InChI is InChI=1S/C25H22N2O3/c1-17-9-11-18(12-10-17)21-16-24(28)27(19-7-5-4-6-8-19)26-25(21)22-15-20(29-2)13-14-23(22)30-3/h4-16H,1-3H3. The van der Waals surface area contributed by atoms with Crippen LogP contribution in [0.3, 0.4) is 0 Å². The molecule has 5 nitrogen and oxygen atoms in total. The van der Waals surface area contributed by atoms with Crippen molar-refractivity contribution >= 4 is 0 Å². The zero-order valence-corrected chi connectivity index (χ0v) is 17.1. The van der Waals surface area contributed by atoms with E-state index in [1.165, 1.54) is 4.68 Å². The third kappa shape index (κ3) is 3.70. The number of nitrogens with zero attached hydrogens (tertiary/aromatic N) is 2. The van der Waals surface area contributed by atoms with Gasteiger partial charge in [-0.1, -0.05) is 48.0 Å². The van der Waals surface area contributed by atoms with Crippen molar-refractivity contribution in [3.63, 3.8) is 0 Å². The molecule has 0 amide bonds. The molecule has 3 aromatic carbocycles. The number of hydrogen-bond acceptors (Lipinski definition) is 4. The molecule has 4 aromatic rings. The molecule has 0 N–H and O–H groups in total. The van der Waals surface area contributed by atoms with Gasteiger partial charge in [0.1, 0.15) is 17.2 Å². The number of ether oxygens (including phenoxy) is 2. The zero-order valence-electron chi connectivity index (χ0n) is 17.1. The summed E-state index contributed by atoms with van der Waals surface area (Å²) in [6.45, 7) is 2.03. The molecular formula is C25H22N2O3. The normalized spacial score (nSPS) is 10.6. The third-order valence-electron chi connectivity index (χ3n) is 4.96. The van der Waals surface area contributed by atoms with E-state index in [2.05, 4.69) is 0 Å². The highest BCUT2D eigenvalue weighted by Gasteiger charge is 2.18. The van der Waals surface area contributed by atoms with E-state index in [1.807, 2.05) is 79.7 Å². The summed E-state index contributed by atoms with van der Waals surface area (Å²) in [4.78, 5) is 13.0. The van der Waals surface area contributed by atoms with Crippen molar-refractivity contribution in [3.8, 4) is 39.6 Å². The first-order valence-electron chi connectivity index (χ1n) is 9.60. The number of hydrogen-bond donors (Lipinski definition) is 0. The van der Waals surface area contributed by atoms with Crippen molar-refractivity contribution in [2.45, 2.75) is 6.92 Å². The van der Waals surface area contributed by atoms with Crippen molar-refractivity contribution in [2.75, 3.05) is 14.2 Å². The lowest BCUT2D eigenvalue weighted by Crippen LogP contribution is -2.21. The van der Waals surface area contributed by atoms with E-state index >= 15 is 0 Å². The molecule has 0 atom stereocenters. The Hall–Kier alpha value is -3.86. The molecule has 0 fully saturated rings. The summed E-state index contributed by atoms with van der Waals surface area (Å²) in [6.07, 6.45) is 0. The largest absolute Gasteiger partial charge is 0.497 e. The lowest BCUT2D eigenvalue weighted by atomic mass is 9.98. The Morgan fingerprint density at radius 1 is 0.800 bits per heavy atom. The summed E-state index contributed by atoms with van der Waals surface area (Å²) in [5, 5.41) is 4.76. The van der Waals surface area contributed by atoms with E-state index in [0.29, 0.717) is 22.9 Å². The van der Waals surface area contributed by atoms with E-state index in [1.54, 1.807) is 20.3 Å². The van der Waals surface area contributed by atoms with Crippen LogP contribution in [0.15, 0.2) is 83.7 Å². The van der Waals surface area contributed by atoms with Gasteiger partial charge in [-0.2, -0.15) is 9.78 Å². The van der Waals surface area contributed by atoms with Crippen LogP contribution in [0.25, 0.3) is 28.1 Å². The monoisotopic (exact) mass is 398 g/mol. The predicted octanol–water partition coefficient (Wildman–Crippen LogP) is 4.89. The second-order valence-corrected chi connectivity index (χ2v) is 6.92. The molecule has 0 aliphatic heterocycles. The highest BCUT2D eigenvalue weighted by atomic mass is 16.5. The lowest BCUT2D eigenvalue weighted by Gasteiger charge is -2.16. The summed E-state index contributed by atoms with van der Waals surface area (Å²) in [5.74, 6) is 1.33. The highest BCUT2D eigenvalue weighted by molar-refractivity contribution is 5.83. The molecule has 150 valence electrons. The van der Waals surface area contributed by atoms with Crippen molar-refractivity contribution in [2.24, 2.45) is 0 Å². The Morgan fingerprint density at radius 2 is 1.53 bits per heavy atom. The first-order valence-corrected chi connectivity index (χ1v) is 9.60. The molecule has 0 spiro atoms. The minimum atomic E-state index is -0.206. The van der Waals surface area contributed by atoms with Gasteiger partial charge in [0.25, 0.3) is 5.56 Å². The van der Waals surface area contributed by atoms with Crippen LogP contribution in [0.5, 0.6) is 11.5 Å². The first-order chi connectivity index (χ1) is 14.6. The quantitative estimate of drug-likeness (QED) is 0.480. The summed E-state index contributed by atoms with van der Waals surface area (Å²) in [6, 6.07) is 24.6. The SMILES string of the molecule is COc1ccc(OC)c(-c2nn(-c3ccccc3)c(=O)cc2-c2ccc(C)cc2)c1. The van der Waals surface area contributed by atoms with Crippen LogP contribution in [0, 0.1) is 6.92 Å². The van der Waals surface area contributed by atoms with Crippen LogP contribution in [0.1, 0.15) is 5.56 Å². The zero-order chi connectivity index (χ0) is 21.1. The van der Waals surface area contributed by atoms with E-state index < -0.39 is 0 Å². The van der Waals surface area contributed by atoms with Crippen LogP contribution in [0.4, 0.5) is 0 Å². The number of para-hydroxylation sites is 1. The van der Waals surface area contributed by atoms with Crippen LogP contribution in [0.2, 0.25) is 0 Å². The fraction of sp³-hybridized carbons (Fsp3) is 0.120. The molecule has 0 saturated carbocycles. The number of rotatable bonds is 5. The summed E-state index contributed by atoms with van der Waals surface area (Å²) in [7, 11) is 3.23. The van der Waals surface area contributed by atoms with Crippen molar-refractivity contribution in [1.82, 2.24) is 9.78 Å². The van der Waals surface area contributed by atoms with Gasteiger partial charge in [0, 0.05) is 17.2 Å². The maximum absolute atomic E-state index is 13.0. The van der Waals surface area contributed by atoms with Gasteiger partial charge in [-0.15, -0.1) is 0 Å². The Morgan fingerprint density at radius 3 is 2.20 bits per heavy atom. The van der Waals surface area contributed by atoms with Crippen LogP contribution in [-0.4, -0.2) is 24.0 Å². The Labute approximate surface area is 175 Å². The minimum absolute atomic E-state index is 0.206. The van der Waals surface area contributed by atoms with E-state index in [9.17, 15) is 4.79 Å². The highest BCUT2D eigenvalue weighted by Crippen LogP contribution is 2.37. The molecule has 0 radical (unpaired) electrons. The fourth-order valence-corrected chi connectivity index (χ4v) is 3.36. The molecule has 0 saturated heterocycles. The average molecular weight is 398 g/mol. The smallest absolute Gasteiger partial charge is 0.272 e. The molecular weight excluding hydrogens is 376 g/mol. The molecule has 0 unspecified atom stereocenters. The van der Waals surface area contributed by atoms with Gasteiger partial charge in [0.2, 0.25) is 0 Å². The van der Waals surface area contributed by atoms with Crippen LogP contribution < -0.4 is 15.0 Å². The maximum Gasteiger partial charge on any atom is 0.272 e. The second-order valence-electron chi connectivity index (χ2n) is 6.92. The number of methoxy groups -OCH3 is 2. The molecule has 0 bridgehead atoms. The van der Waals surface area contributed by atoms with Gasteiger partial charge in [0.15, 0.2) is 0 Å². The number of aryl methyl sites for hydroxylation is 1. The van der Waals surface area contributed by atoms with E-state index in [-0.39, 0.29) is 5.56 Å². The number of aromatic nitrogens is 2. The molecule has 4 rings (SSSR count). The lowest BCUT2D eigenvalue weighted by molar-refractivity contribution is 0.404. The molecule has 30 heavy (non-hydrogen) atoms. The molecule has 1 heterocycles. The molecule has 0 aliphatic rings. The van der Waals surface area contributed by atoms with Gasteiger partial charge in [-0.05, 0) is 42.8 Å². The molecule has 5 heteroatoms. The van der Waals surface area contributed by atoms with Gasteiger partial charge in [-0.3, -0.25) is 4.79 Å². The number of benzene rings is 3. The summed E-state index contributed by atoms with van der Waals surface area (Å²) >= 11 is 0. The van der Waals surface area contributed by atoms with Crippen LogP contribution in [-0.2, 0) is 0 Å². The fourth-order valence-electron chi connectivity index (χ4n) is 3.36. The Balaban J connectivity index is 2.04. The summed E-state index contributed by atoms with van der Waals surface area (Å²) < 4.78 is 12.4. The topological polar surface area (TPSA) is 53.4 Å². The van der Waals surface area contributed by atoms with Gasteiger partial charge < -0.3 is 9.47 Å². The minimum Gasteiger partial charge on any atom is -0.497 e. The van der Waals surface area contributed by atoms with E-state index in [4.69, 9.17) is 14.6 Å². The van der Waals surface area contributed by atoms with Crippen molar-refractivity contribution in [1.29, 1.82) is 0 Å². The van der Waals surface area contributed by atoms with Crippen molar-refractivity contribution < 1.29 is 9.47 Å². The van der Waals surface area contributed by atoms with Crippen molar-refractivity contribution in [3.05, 3.63) is 94.8 Å². The van der Waals surface area contributed by atoms with Crippen LogP contribution >= 0.6 is 0 Å².